The predicted octanol–water partition coefficient (Wildman–Crippen LogP) is 5.74. The molecule has 280 valence electrons. The van der Waals surface area contributed by atoms with Crippen LogP contribution in [0.25, 0.3) is 0 Å². The van der Waals surface area contributed by atoms with Crippen molar-refractivity contribution in [1.82, 2.24) is 10.6 Å². The van der Waals surface area contributed by atoms with Crippen LogP contribution in [0.3, 0.4) is 0 Å². The van der Waals surface area contributed by atoms with Crippen LogP contribution < -0.4 is 20.4 Å². The number of halogens is 2. The Morgan fingerprint density at radius 1 is 0.759 bits per heavy atom. The van der Waals surface area contributed by atoms with Crippen LogP contribution in [0.2, 0.25) is 10.0 Å². The largest absolute Gasteiger partial charge is 0.454 e. The molecule has 4 amide bonds. The summed E-state index contributed by atoms with van der Waals surface area (Å²) in [5.41, 5.74) is 2.52. The molecular weight excluding hydrogens is 731 g/mol. The van der Waals surface area contributed by atoms with Crippen molar-refractivity contribution < 1.29 is 33.5 Å². The Morgan fingerprint density at radius 2 is 1.33 bits per heavy atom. The summed E-state index contributed by atoms with van der Waals surface area (Å²) in [4.78, 5) is 83.5. The van der Waals surface area contributed by atoms with Crippen molar-refractivity contribution >= 4 is 70.0 Å². The number of ketones is 1. The second-order valence-electron chi connectivity index (χ2n) is 12.7. The van der Waals surface area contributed by atoms with Gasteiger partial charge >= 0.3 is 5.97 Å². The molecule has 0 saturated heterocycles. The first-order valence-corrected chi connectivity index (χ1v) is 18.3. The first-order chi connectivity index (χ1) is 26.0. The van der Waals surface area contributed by atoms with Crippen LogP contribution in [0.1, 0.15) is 47.7 Å². The number of nitrogens with zero attached hydrogens (tertiary/aromatic N) is 2. The van der Waals surface area contributed by atoms with Gasteiger partial charge in [0.15, 0.2) is 12.4 Å². The van der Waals surface area contributed by atoms with Gasteiger partial charge in [-0.25, -0.2) is 4.79 Å². The summed E-state index contributed by atoms with van der Waals surface area (Å²) in [5.74, 6) is -3.44. The van der Waals surface area contributed by atoms with Gasteiger partial charge in [0.2, 0.25) is 17.7 Å². The maximum Gasteiger partial charge on any atom is 0.341 e. The van der Waals surface area contributed by atoms with E-state index in [0.717, 1.165) is 11.1 Å². The fourth-order valence-corrected chi connectivity index (χ4v) is 6.64. The lowest BCUT2D eigenvalue weighted by Crippen LogP contribution is -2.55. The molecular formula is C41H40Cl2N4O7. The van der Waals surface area contributed by atoms with Gasteiger partial charge in [0.25, 0.3) is 5.91 Å². The molecule has 2 N–H and O–H groups in total. The van der Waals surface area contributed by atoms with E-state index in [4.69, 9.17) is 27.9 Å². The smallest absolute Gasteiger partial charge is 0.341 e. The summed E-state index contributed by atoms with van der Waals surface area (Å²) >= 11 is 12.2. The molecule has 0 fully saturated rings. The normalized spacial score (nSPS) is 14.4. The minimum atomic E-state index is -1.19. The molecule has 11 nitrogen and oxygen atoms in total. The van der Waals surface area contributed by atoms with Gasteiger partial charge in [0.05, 0.1) is 39.6 Å². The number of ether oxygens (including phenoxy) is 1. The van der Waals surface area contributed by atoms with Crippen molar-refractivity contribution in [2.75, 3.05) is 29.5 Å². The van der Waals surface area contributed by atoms with E-state index in [9.17, 15) is 28.8 Å². The fourth-order valence-electron chi connectivity index (χ4n) is 6.09. The van der Waals surface area contributed by atoms with Crippen LogP contribution in [0, 0.1) is 0 Å². The standard InChI is InChI=1S/C41H40Cl2N4O7/c1-2-31(35(48)26-54-41(53)39-29(42)16-11-17-30(39)43)44-37(50)25-47-34-19-10-9-18-33(34)46(38(51)23-21-28-14-7-4-8-15-28)24-32(40(47)52)45-36(49)22-20-27-12-5-3-6-13-27/h3-19,31-32H,2,20-26H2,1H3,(H,44,50)(H,45,49)/t31-,32-/m0/s1. The predicted molar refractivity (Wildman–Crippen MR) is 207 cm³/mol. The summed E-state index contributed by atoms with van der Waals surface area (Å²) in [6.45, 7) is 0.316. The molecule has 5 rings (SSSR count). The van der Waals surface area contributed by atoms with Crippen LogP contribution in [-0.2, 0) is 41.6 Å². The minimum Gasteiger partial charge on any atom is -0.454 e. The number of nitrogens with one attached hydrogen (secondary N) is 2. The highest BCUT2D eigenvalue weighted by molar-refractivity contribution is 6.39. The van der Waals surface area contributed by atoms with E-state index in [1.165, 1.54) is 21.9 Å². The average Bonchev–Trinajstić information content (AvgIpc) is 3.28. The molecule has 2 atom stereocenters. The summed E-state index contributed by atoms with van der Waals surface area (Å²) in [5, 5.41) is 5.58. The van der Waals surface area contributed by atoms with Crippen molar-refractivity contribution in [3.63, 3.8) is 0 Å². The molecule has 0 saturated carbocycles. The van der Waals surface area contributed by atoms with E-state index in [0.29, 0.717) is 18.5 Å². The third-order valence-electron chi connectivity index (χ3n) is 8.93. The highest BCUT2D eigenvalue weighted by Gasteiger charge is 2.38. The van der Waals surface area contributed by atoms with Gasteiger partial charge in [-0.2, -0.15) is 0 Å². The first-order valence-electron chi connectivity index (χ1n) is 17.6. The topological polar surface area (TPSA) is 142 Å². The van der Waals surface area contributed by atoms with E-state index < -0.39 is 54.7 Å². The maximum absolute atomic E-state index is 14.3. The second kappa shape index (κ2) is 19.0. The minimum absolute atomic E-state index is 0.0600. The zero-order chi connectivity index (χ0) is 38.6. The van der Waals surface area contributed by atoms with Gasteiger partial charge in [-0.1, -0.05) is 109 Å². The second-order valence-corrected chi connectivity index (χ2v) is 13.5. The average molecular weight is 772 g/mol. The Balaban J connectivity index is 1.33. The number of para-hydroxylation sites is 2. The number of fused-ring (bicyclic) bond motifs is 1. The number of hydrogen-bond acceptors (Lipinski definition) is 7. The molecule has 0 aliphatic carbocycles. The quantitative estimate of drug-likeness (QED) is 0.147. The number of carbonyl (C=O) groups is 6. The number of amides is 4. The van der Waals surface area contributed by atoms with Gasteiger partial charge in [0.1, 0.15) is 12.6 Å². The fraction of sp³-hybridized carbons (Fsp3) is 0.268. The lowest BCUT2D eigenvalue weighted by molar-refractivity contribution is -0.130. The highest BCUT2D eigenvalue weighted by atomic mass is 35.5. The number of aryl methyl sites for hydroxylation is 2. The number of Topliss-reactive ketones (excluding diaryl/α,β-unsaturated/α-hetero) is 1. The summed E-state index contributed by atoms with van der Waals surface area (Å²) in [7, 11) is 0. The van der Waals surface area contributed by atoms with Crippen molar-refractivity contribution in [3.8, 4) is 0 Å². The van der Waals surface area contributed by atoms with Crippen molar-refractivity contribution in [2.45, 2.75) is 51.1 Å². The van der Waals surface area contributed by atoms with Gasteiger partial charge < -0.3 is 20.3 Å². The molecule has 0 spiro atoms. The summed E-state index contributed by atoms with van der Waals surface area (Å²) < 4.78 is 5.18. The molecule has 54 heavy (non-hydrogen) atoms. The SMILES string of the molecule is CC[C@H](NC(=O)CN1C(=O)[C@@H](NC(=O)CCc2ccccc2)CN(C(=O)CCc2ccccc2)c2ccccc21)C(=O)COC(=O)c1c(Cl)cccc1Cl. The van der Waals surface area contributed by atoms with Gasteiger partial charge in [0, 0.05) is 12.8 Å². The van der Waals surface area contributed by atoms with E-state index in [2.05, 4.69) is 10.6 Å². The molecule has 13 heteroatoms. The molecule has 0 unspecified atom stereocenters. The Labute approximate surface area is 323 Å². The lowest BCUT2D eigenvalue weighted by Gasteiger charge is -2.26. The number of anilines is 2. The Morgan fingerprint density at radius 3 is 1.94 bits per heavy atom. The first kappa shape index (κ1) is 39.7. The molecule has 4 aromatic carbocycles. The molecule has 0 radical (unpaired) electrons. The number of rotatable bonds is 15. The van der Waals surface area contributed by atoms with Crippen molar-refractivity contribution in [3.05, 3.63) is 130 Å². The Bertz CT molecular complexity index is 1970. The number of carbonyl (C=O) groups excluding carboxylic acids is 6. The molecule has 1 aliphatic rings. The van der Waals surface area contributed by atoms with Gasteiger partial charge in [-0.05, 0) is 54.7 Å². The van der Waals surface area contributed by atoms with E-state index in [1.54, 1.807) is 37.3 Å². The maximum atomic E-state index is 14.3. The van der Waals surface area contributed by atoms with E-state index >= 15 is 0 Å². The van der Waals surface area contributed by atoms with Crippen LogP contribution in [-0.4, -0.2) is 67.2 Å². The van der Waals surface area contributed by atoms with Crippen LogP contribution in [0.4, 0.5) is 11.4 Å². The Hall–Kier alpha value is -5.52. The Kier molecular flexibility index (Phi) is 14.0. The van der Waals surface area contributed by atoms with E-state index in [1.807, 2.05) is 60.7 Å². The van der Waals surface area contributed by atoms with Gasteiger partial charge in [-0.3, -0.25) is 28.9 Å². The zero-order valence-electron chi connectivity index (χ0n) is 29.6. The summed E-state index contributed by atoms with van der Waals surface area (Å²) in [6.07, 6.45) is 1.28. The molecule has 4 aromatic rings. The molecule has 0 aromatic heterocycles. The number of hydrogen-bond donors (Lipinski definition) is 2. The molecule has 1 aliphatic heterocycles. The third kappa shape index (κ3) is 10.3. The third-order valence-corrected chi connectivity index (χ3v) is 9.56. The van der Waals surface area contributed by atoms with Crippen molar-refractivity contribution in [1.29, 1.82) is 0 Å². The summed E-state index contributed by atoms with van der Waals surface area (Å²) in [6, 6.07) is 27.9. The van der Waals surface area contributed by atoms with Crippen molar-refractivity contribution in [2.24, 2.45) is 0 Å². The monoisotopic (exact) mass is 770 g/mol. The highest BCUT2D eigenvalue weighted by Crippen LogP contribution is 2.33. The van der Waals surface area contributed by atoms with Gasteiger partial charge in [-0.15, -0.1) is 0 Å². The number of benzene rings is 4. The van der Waals surface area contributed by atoms with Crippen LogP contribution >= 0.6 is 23.2 Å². The van der Waals surface area contributed by atoms with E-state index in [-0.39, 0.29) is 53.0 Å². The molecule has 0 bridgehead atoms. The molecule has 1 heterocycles. The number of esters is 1. The lowest BCUT2D eigenvalue weighted by atomic mass is 10.1. The van der Waals surface area contributed by atoms with Crippen LogP contribution in [0.5, 0.6) is 0 Å². The zero-order valence-corrected chi connectivity index (χ0v) is 31.1. The van der Waals surface area contributed by atoms with Crippen LogP contribution in [0.15, 0.2) is 103 Å².